The molecule has 2 atom stereocenters. The average molecular weight is 353 g/mol. The van der Waals surface area contributed by atoms with Gasteiger partial charge in [0.1, 0.15) is 24.9 Å². The summed E-state index contributed by atoms with van der Waals surface area (Å²) < 4.78 is 0. The van der Waals surface area contributed by atoms with Gasteiger partial charge in [-0.25, -0.2) is 0 Å². The minimum Gasteiger partial charge on any atom is -0.507 e. The molecule has 138 valence electrons. The summed E-state index contributed by atoms with van der Waals surface area (Å²) in [5.41, 5.74) is 3.25. The third-order valence-electron chi connectivity index (χ3n) is 5.22. The highest BCUT2D eigenvalue weighted by molar-refractivity contribution is 5.84. The molecular weight excluding hydrogens is 322 g/mol. The maximum Gasteiger partial charge on any atom is 0.126 e. The summed E-state index contributed by atoms with van der Waals surface area (Å²) in [6.07, 6.45) is 2.95. The summed E-state index contributed by atoms with van der Waals surface area (Å²) in [6.45, 7) is 9.40. The molecule has 0 bridgehead atoms. The predicted octanol–water partition coefficient (Wildman–Crippen LogP) is 2.51. The molecule has 1 saturated heterocycles. The van der Waals surface area contributed by atoms with Crippen molar-refractivity contribution in [2.45, 2.75) is 32.9 Å². The number of likely N-dealkylation sites (tertiary alicyclic amines) is 1. The number of rotatable bonds is 7. The van der Waals surface area contributed by atoms with Gasteiger partial charge in [-0.1, -0.05) is 30.3 Å². The summed E-state index contributed by atoms with van der Waals surface area (Å²) >= 11 is 0. The lowest BCUT2D eigenvalue weighted by molar-refractivity contribution is -0.901. The normalized spacial score (nSPS) is 19.9. The number of aromatic hydroxyl groups is 1. The summed E-state index contributed by atoms with van der Waals surface area (Å²) in [7, 11) is 0. The highest BCUT2D eigenvalue weighted by atomic mass is 16.3. The maximum atomic E-state index is 10.3. The topological polar surface area (TPSA) is 40.3 Å². The second-order valence-electron chi connectivity index (χ2n) is 7.00. The SMILES string of the molecule is CCN(CC)c1ccc(C=N[C@H]2CC[NH+](Cc3ccccc3)C2)c(O)c1. The van der Waals surface area contributed by atoms with Crippen molar-refractivity contribution in [1.29, 1.82) is 0 Å². The third kappa shape index (κ3) is 4.64. The van der Waals surface area contributed by atoms with Crippen LogP contribution in [-0.2, 0) is 6.54 Å². The van der Waals surface area contributed by atoms with Crippen LogP contribution in [0.25, 0.3) is 0 Å². The molecule has 0 saturated carbocycles. The zero-order valence-electron chi connectivity index (χ0n) is 15.9. The minimum absolute atomic E-state index is 0.310. The van der Waals surface area contributed by atoms with Gasteiger partial charge in [0, 0.05) is 48.6 Å². The Hall–Kier alpha value is -2.33. The van der Waals surface area contributed by atoms with E-state index in [0.29, 0.717) is 11.8 Å². The molecule has 3 rings (SSSR count). The number of benzene rings is 2. The van der Waals surface area contributed by atoms with Crippen LogP contribution >= 0.6 is 0 Å². The lowest BCUT2D eigenvalue weighted by Gasteiger charge is -2.21. The van der Waals surface area contributed by atoms with E-state index in [9.17, 15) is 5.11 Å². The van der Waals surface area contributed by atoms with E-state index in [4.69, 9.17) is 4.99 Å². The van der Waals surface area contributed by atoms with Crippen LogP contribution in [0.4, 0.5) is 5.69 Å². The van der Waals surface area contributed by atoms with Crippen molar-refractivity contribution in [1.82, 2.24) is 0 Å². The molecule has 1 heterocycles. The van der Waals surface area contributed by atoms with Crippen LogP contribution < -0.4 is 9.80 Å². The van der Waals surface area contributed by atoms with Gasteiger partial charge < -0.3 is 14.9 Å². The Morgan fingerprint density at radius 2 is 1.92 bits per heavy atom. The zero-order valence-corrected chi connectivity index (χ0v) is 15.9. The summed E-state index contributed by atoms with van der Waals surface area (Å²) in [6, 6.07) is 16.9. The Kier molecular flexibility index (Phi) is 6.29. The van der Waals surface area contributed by atoms with E-state index in [1.807, 2.05) is 18.3 Å². The van der Waals surface area contributed by atoms with E-state index in [2.05, 4.69) is 55.1 Å². The lowest BCUT2D eigenvalue weighted by Crippen LogP contribution is -3.09. The molecule has 1 aliphatic rings. The third-order valence-corrected chi connectivity index (χ3v) is 5.22. The summed E-state index contributed by atoms with van der Waals surface area (Å²) in [4.78, 5) is 8.55. The summed E-state index contributed by atoms with van der Waals surface area (Å²) in [5.74, 6) is 0.310. The first-order chi connectivity index (χ1) is 12.7. The number of hydrogen-bond acceptors (Lipinski definition) is 3. The largest absolute Gasteiger partial charge is 0.507 e. The van der Waals surface area contributed by atoms with Crippen LogP contribution in [0, 0.1) is 0 Å². The molecule has 2 aromatic rings. The molecule has 0 aliphatic carbocycles. The van der Waals surface area contributed by atoms with Crippen LogP contribution in [-0.4, -0.2) is 43.5 Å². The van der Waals surface area contributed by atoms with Gasteiger partial charge in [-0.15, -0.1) is 0 Å². The fraction of sp³-hybridized carbons (Fsp3) is 0.409. The second-order valence-corrected chi connectivity index (χ2v) is 7.00. The van der Waals surface area contributed by atoms with E-state index < -0.39 is 0 Å². The quantitative estimate of drug-likeness (QED) is 0.752. The molecule has 4 nitrogen and oxygen atoms in total. The van der Waals surface area contributed by atoms with Crippen molar-refractivity contribution in [2.24, 2.45) is 4.99 Å². The monoisotopic (exact) mass is 352 g/mol. The highest BCUT2D eigenvalue weighted by Gasteiger charge is 2.25. The van der Waals surface area contributed by atoms with Gasteiger partial charge >= 0.3 is 0 Å². The van der Waals surface area contributed by atoms with Gasteiger partial charge in [-0.05, 0) is 26.0 Å². The number of nitrogens with one attached hydrogen (secondary N) is 1. The molecule has 0 amide bonds. The molecule has 1 unspecified atom stereocenters. The number of phenols is 1. The molecule has 0 radical (unpaired) electrons. The molecule has 0 spiro atoms. The van der Waals surface area contributed by atoms with Crippen molar-refractivity contribution in [3.63, 3.8) is 0 Å². The summed E-state index contributed by atoms with van der Waals surface area (Å²) in [5, 5.41) is 10.3. The molecule has 1 fully saturated rings. The fourth-order valence-corrected chi connectivity index (χ4v) is 3.69. The Morgan fingerprint density at radius 1 is 1.15 bits per heavy atom. The lowest BCUT2D eigenvalue weighted by atomic mass is 10.1. The van der Waals surface area contributed by atoms with Crippen molar-refractivity contribution >= 4 is 11.9 Å². The first-order valence-electron chi connectivity index (χ1n) is 9.68. The van der Waals surface area contributed by atoms with Crippen LogP contribution in [0.3, 0.4) is 0 Å². The number of quaternary nitrogens is 1. The minimum atomic E-state index is 0.310. The van der Waals surface area contributed by atoms with Gasteiger partial charge in [0.05, 0.1) is 6.54 Å². The van der Waals surface area contributed by atoms with Crippen LogP contribution in [0.2, 0.25) is 0 Å². The molecule has 4 heteroatoms. The van der Waals surface area contributed by atoms with Crippen molar-refractivity contribution in [3.05, 3.63) is 59.7 Å². The Morgan fingerprint density at radius 3 is 2.62 bits per heavy atom. The Labute approximate surface area is 156 Å². The number of nitrogens with zero attached hydrogens (tertiary/aromatic N) is 2. The molecular formula is C22H30N3O+. The van der Waals surface area contributed by atoms with Crippen molar-refractivity contribution < 1.29 is 10.0 Å². The highest BCUT2D eigenvalue weighted by Crippen LogP contribution is 2.23. The van der Waals surface area contributed by atoms with E-state index in [-0.39, 0.29) is 0 Å². The molecule has 26 heavy (non-hydrogen) atoms. The predicted molar refractivity (Wildman–Crippen MR) is 109 cm³/mol. The van der Waals surface area contributed by atoms with Crippen molar-refractivity contribution in [3.8, 4) is 5.75 Å². The maximum absolute atomic E-state index is 10.3. The molecule has 1 aliphatic heterocycles. The van der Waals surface area contributed by atoms with Gasteiger partial charge in [0.2, 0.25) is 0 Å². The van der Waals surface area contributed by atoms with E-state index in [1.54, 1.807) is 4.90 Å². The van der Waals surface area contributed by atoms with Gasteiger partial charge in [-0.2, -0.15) is 0 Å². The van der Waals surface area contributed by atoms with Gasteiger partial charge in [0.15, 0.2) is 0 Å². The number of hydrogen-bond donors (Lipinski definition) is 2. The Balaban J connectivity index is 1.58. The average Bonchev–Trinajstić information content (AvgIpc) is 3.10. The Bertz CT molecular complexity index is 725. The van der Waals surface area contributed by atoms with E-state index >= 15 is 0 Å². The first kappa shape index (κ1) is 18.5. The van der Waals surface area contributed by atoms with Crippen LogP contribution in [0.1, 0.15) is 31.4 Å². The standard InChI is InChI=1S/C22H29N3O/c1-3-25(4-2)21-11-10-19(22(26)14-21)15-23-20-12-13-24(17-20)16-18-8-6-5-7-9-18/h5-11,14-15,20,26H,3-4,12-13,16-17H2,1-2H3/p+1/t20-/m0/s1. The molecule has 2 aromatic carbocycles. The smallest absolute Gasteiger partial charge is 0.126 e. The first-order valence-corrected chi connectivity index (χ1v) is 9.68. The van der Waals surface area contributed by atoms with Crippen LogP contribution in [0.15, 0.2) is 53.5 Å². The van der Waals surface area contributed by atoms with Crippen LogP contribution in [0.5, 0.6) is 5.75 Å². The van der Waals surface area contributed by atoms with Gasteiger partial charge in [0.25, 0.3) is 0 Å². The second kappa shape index (κ2) is 8.86. The van der Waals surface area contributed by atoms with E-state index in [1.165, 1.54) is 5.56 Å². The molecule has 2 N–H and O–H groups in total. The van der Waals surface area contributed by atoms with Crippen molar-refractivity contribution in [2.75, 3.05) is 31.1 Å². The molecule has 0 aromatic heterocycles. The zero-order chi connectivity index (χ0) is 18.4. The number of anilines is 1. The van der Waals surface area contributed by atoms with E-state index in [0.717, 1.165) is 50.4 Å². The number of phenolic OH excluding ortho intramolecular Hbond substituents is 1. The number of aliphatic imine (C=N–C) groups is 1. The fourth-order valence-electron chi connectivity index (χ4n) is 3.69. The van der Waals surface area contributed by atoms with Gasteiger partial charge in [-0.3, -0.25) is 4.99 Å².